The van der Waals surface area contributed by atoms with Gasteiger partial charge < -0.3 is 5.32 Å². The zero-order valence-corrected chi connectivity index (χ0v) is 13.3. The first-order chi connectivity index (χ1) is 10.7. The molecule has 1 amide bonds. The third-order valence-corrected chi connectivity index (χ3v) is 5.91. The van der Waals surface area contributed by atoms with Crippen LogP contribution in [0.3, 0.4) is 0 Å². The van der Waals surface area contributed by atoms with Crippen molar-refractivity contribution < 1.29 is 4.79 Å². The molecule has 0 aromatic heterocycles. The monoisotopic (exact) mass is 299 g/mol. The van der Waals surface area contributed by atoms with Crippen LogP contribution in [0.2, 0.25) is 0 Å². The fourth-order valence-corrected chi connectivity index (χ4v) is 4.55. The molecule has 4 heteroatoms. The van der Waals surface area contributed by atoms with Gasteiger partial charge in [-0.15, -0.1) is 0 Å². The highest BCUT2D eigenvalue weighted by atomic mass is 16.2. The molecule has 0 radical (unpaired) electrons. The molecule has 0 saturated carbocycles. The fourth-order valence-electron chi connectivity index (χ4n) is 4.55. The quantitative estimate of drug-likeness (QED) is 0.832. The smallest absolute Gasteiger partial charge is 0.241 e. The van der Waals surface area contributed by atoms with E-state index in [-0.39, 0.29) is 11.4 Å². The Morgan fingerprint density at radius 2 is 2.09 bits per heavy atom. The van der Waals surface area contributed by atoms with Gasteiger partial charge in [-0.05, 0) is 55.7 Å². The lowest BCUT2D eigenvalue weighted by molar-refractivity contribution is -0.126. The van der Waals surface area contributed by atoms with Crippen LogP contribution in [0.5, 0.6) is 0 Å². The number of hydrogen-bond donors (Lipinski definition) is 2. The molecule has 0 bridgehead atoms. The molecule has 1 unspecified atom stereocenters. The van der Waals surface area contributed by atoms with Crippen LogP contribution in [0.4, 0.5) is 0 Å². The van der Waals surface area contributed by atoms with Crippen LogP contribution in [0.1, 0.15) is 48.4 Å². The number of piperidine rings is 1. The van der Waals surface area contributed by atoms with Gasteiger partial charge in [0, 0.05) is 19.1 Å². The topological polar surface area (TPSA) is 44.4 Å². The van der Waals surface area contributed by atoms with E-state index < -0.39 is 0 Å². The normalized spacial score (nSPS) is 27.7. The number of hydrogen-bond acceptors (Lipinski definition) is 3. The predicted molar refractivity (Wildman–Crippen MR) is 86.5 cm³/mol. The van der Waals surface area contributed by atoms with Crippen molar-refractivity contribution >= 4 is 5.91 Å². The number of rotatable bonds is 1. The average Bonchev–Trinajstić information content (AvgIpc) is 2.89. The van der Waals surface area contributed by atoms with Gasteiger partial charge in [-0.3, -0.25) is 15.0 Å². The molecule has 2 heterocycles. The summed E-state index contributed by atoms with van der Waals surface area (Å²) in [6.45, 7) is 4.89. The number of nitrogens with zero attached hydrogens (tertiary/aromatic N) is 1. The molecule has 1 aliphatic carbocycles. The molecule has 1 spiro atoms. The highest BCUT2D eigenvalue weighted by Crippen LogP contribution is 2.38. The second-order valence-corrected chi connectivity index (χ2v) is 7.03. The van der Waals surface area contributed by atoms with Gasteiger partial charge in [0.2, 0.25) is 5.91 Å². The lowest BCUT2D eigenvalue weighted by atomic mass is 9.81. The van der Waals surface area contributed by atoms with Gasteiger partial charge in [-0.25, -0.2) is 0 Å². The molecule has 4 nitrogen and oxygen atoms in total. The molecule has 2 fully saturated rings. The van der Waals surface area contributed by atoms with E-state index in [1.165, 1.54) is 30.4 Å². The third kappa shape index (κ3) is 2.17. The number of benzene rings is 1. The van der Waals surface area contributed by atoms with Crippen LogP contribution < -0.4 is 10.6 Å². The van der Waals surface area contributed by atoms with Crippen molar-refractivity contribution in [2.45, 2.75) is 50.6 Å². The van der Waals surface area contributed by atoms with Gasteiger partial charge >= 0.3 is 0 Å². The van der Waals surface area contributed by atoms with Crippen LogP contribution in [-0.4, -0.2) is 36.1 Å². The van der Waals surface area contributed by atoms with E-state index >= 15 is 0 Å². The molecule has 1 aromatic rings. The highest BCUT2D eigenvalue weighted by molar-refractivity contribution is 5.88. The number of fused-ring (bicyclic) bond motifs is 1. The summed E-state index contributed by atoms with van der Waals surface area (Å²) in [4.78, 5) is 14.7. The Bertz CT molecular complexity index is 590. The zero-order chi connectivity index (χ0) is 15.2. The minimum Gasteiger partial charge on any atom is -0.342 e. The van der Waals surface area contributed by atoms with E-state index in [1.54, 1.807) is 5.56 Å². The Labute approximate surface area is 132 Å². The molecule has 3 aliphatic rings. The summed E-state index contributed by atoms with van der Waals surface area (Å²) in [7, 11) is 0. The summed E-state index contributed by atoms with van der Waals surface area (Å²) in [5, 5.41) is 6.32. The fraction of sp³-hybridized carbons (Fsp3) is 0.611. The predicted octanol–water partition coefficient (Wildman–Crippen LogP) is 1.88. The molecule has 2 N–H and O–H groups in total. The first-order valence-electron chi connectivity index (χ1n) is 8.55. The van der Waals surface area contributed by atoms with Crippen molar-refractivity contribution in [3.8, 4) is 0 Å². The van der Waals surface area contributed by atoms with Crippen LogP contribution in [-0.2, 0) is 11.2 Å². The molecule has 118 valence electrons. The molecule has 1 atom stereocenters. The number of likely N-dealkylation sites (tertiary alicyclic amines) is 1. The Morgan fingerprint density at radius 1 is 1.27 bits per heavy atom. The van der Waals surface area contributed by atoms with E-state index in [1.807, 2.05) is 0 Å². The Hall–Kier alpha value is -1.39. The first-order valence-corrected chi connectivity index (χ1v) is 8.55. The molecular weight excluding hydrogens is 274 g/mol. The maximum atomic E-state index is 12.1. The van der Waals surface area contributed by atoms with Crippen molar-refractivity contribution in [2.24, 2.45) is 0 Å². The van der Waals surface area contributed by atoms with E-state index in [9.17, 15) is 4.79 Å². The van der Waals surface area contributed by atoms with Crippen LogP contribution >= 0.6 is 0 Å². The van der Waals surface area contributed by atoms with Crippen LogP contribution in [0.15, 0.2) is 18.2 Å². The standard InChI is InChI=1S/C18H25N3O/c1-13-4-2-6-15-14(13)5-3-7-16(15)21-10-8-18(9-11-21)17(22)19-12-20-18/h2,4,6,16,20H,3,5,7-12H2,1H3,(H,19,22). The van der Waals surface area contributed by atoms with E-state index in [4.69, 9.17) is 0 Å². The van der Waals surface area contributed by atoms with Crippen LogP contribution in [0, 0.1) is 6.92 Å². The molecular formula is C18H25N3O. The second-order valence-electron chi connectivity index (χ2n) is 7.03. The largest absolute Gasteiger partial charge is 0.342 e. The van der Waals surface area contributed by atoms with Crippen molar-refractivity contribution in [2.75, 3.05) is 19.8 Å². The van der Waals surface area contributed by atoms with Gasteiger partial charge in [0.05, 0.1) is 6.67 Å². The number of carbonyl (C=O) groups is 1. The van der Waals surface area contributed by atoms with Crippen molar-refractivity contribution in [1.82, 2.24) is 15.5 Å². The van der Waals surface area contributed by atoms with E-state index in [0.717, 1.165) is 25.9 Å². The second kappa shape index (κ2) is 5.36. The zero-order valence-electron chi connectivity index (χ0n) is 13.3. The summed E-state index contributed by atoms with van der Waals surface area (Å²) < 4.78 is 0. The number of carbonyl (C=O) groups excluding carboxylic acids is 1. The molecule has 1 aromatic carbocycles. The van der Waals surface area contributed by atoms with Crippen molar-refractivity contribution in [3.05, 3.63) is 34.9 Å². The summed E-state index contributed by atoms with van der Waals surface area (Å²) in [5.74, 6) is 0.201. The molecule has 4 rings (SSSR count). The molecule has 2 saturated heterocycles. The Morgan fingerprint density at radius 3 is 2.82 bits per heavy atom. The minimum atomic E-state index is -0.291. The summed E-state index contributed by atoms with van der Waals surface area (Å²) in [5.41, 5.74) is 4.25. The van der Waals surface area contributed by atoms with Gasteiger partial charge in [-0.1, -0.05) is 18.2 Å². The summed E-state index contributed by atoms with van der Waals surface area (Å²) in [6.07, 6.45) is 5.61. The van der Waals surface area contributed by atoms with Gasteiger partial charge in [0.25, 0.3) is 0 Å². The van der Waals surface area contributed by atoms with Gasteiger partial charge in [0.1, 0.15) is 5.54 Å². The number of amides is 1. The van der Waals surface area contributed by atoms with Crippen molar-refractivity contribution in [1.29, 1.82) is 0 Å². The maximum absolute atomic E-state index is 12.1. The SMILES string of the molecule is Cc1cccc2c1CCCC2N1CCC2(CC1)NCNC2=O. The highest BCUT2D eigenvalue weighted by Gasteiger charge is 2.45. The van der Waals surface area contributed by atoms with Crippen molar-refractivity contribution in [3.63, 3.8) is 0 Å². The van der Waals surface area contributed by atoms with E-state index in [2.05, 4.69) is 40.7 Å². The van der Waals surface area contributed by atoms with Gasteiger partial charge in [0.15, 0.2) is 0 Å². The number of nitrogens with one attached hydrogen (secondary N) is 2. The third-order valence-electron chi connectivity index (χ3n) is 5.91. The van der Waals surface area contributed by atoms with Gasteiger partial charge in [-0.2, -0.15) is 0 Å². The molecule has 2 aliphatic heterocycles. The Kier molecular flexibility index (Phi) is 3.46. The maximum Gasteiger partial charge on any atom is 0.241 e. The Balaban J connectivity index is 1.53. The van der Waals surface area contributed by atoms with Crippen LogP contribution in [0.25, 0.3) is 0 Å². The number of aryl methyl sites for hydroxylation is 1. The molecule has 22 heavy (non-hydrogen) atoms. The van der Waals surface area contributed by atoms with E-state index in [0.29, 0.717) is 12.7 Å². The lowest BCUT2D eigenvalue weighted by Gasteiger charge is -2.43. The minimum absolute atomic E-state index is 0.201. The lowest BCUT2D eigenvalue weighted by Crippen LogP contribution is -2.55. The summed E-state index contributed by atoms with van der Waals surface area (Å²) in [6, 6.07) is 7.30. The summed E-state index contributed by atoms with van der Waals surface area (Å²) >= 11 is 0. The average molecular weight is 299 g/mol. The first kappa shape index (κ1) is 14.2.